The Hall–Kier alpha value is -2.43. The van der Waals surface area contributed by atoms with Gasteiger partial charge < -0.3 is 4.74 Å². The van der Waals surface area contributed by atoms with Crippen molar-refractivity contribution < 1.29 is 21.9 Å². The van der Waals surface area contributed by atoms with Gasteiger partial charge in [-0.3, -0.25) is 0 Å². The molecule has 0 amide bonds. The topological polar surface area (TPSA) is 55.4 Å². The van der Waals surface area contributed by atoms with Gasteiger partial charge in [-0.2, -0.15) is 4.72 Å². The molecule has 0 spiro atoms. The fraction of sp³-hybridized carbons (Fsp3) is 0.125. The maximum atomic E-state index is 13.5. The zero-order valence-corrected chi connectivity index (χ0v) is 13.0. The number of halogens is 2. The Morgan fingerprint density at radius 3 is 2.48 bits per heavy atom. The van der Waals surface area contributed by atoms with E-state index in [0.717, 1.165) is 12.1 Å². The average molecular weight is 337 g/mol. The molecule has 0 bridgehead atoms. The largest absolute Gasteiger partial charge is 0.497 e. The zero-order valence-electron chi connectivity index (χ0n) is 12.1. The van der Waals surface area contributed by atoms with Gasteiger partial charge in [0.25, 0.3) is 0 Å². The molecule has 4 nitrogen and oxygen atoms in total. The third-order valence-electron chi connectivity index (χ3n) is 2.86. The van der Waals surface area contributed by atoms with Gasteiger partial charge in [0, 0.05) is 5.56 Å². The monoisotopic (exact) mass is 337 g/mol. The number of rotatable bonds is 4. The summed E-state index contributed by atoms with van der Waals surface area (Å²) in [5.41, 5.74) is 0.668. The van der Waals surface area contributed by atoms with Gasteiger partial charge >= 0.3 is 0 Å². The molecule has 0 saturated carbocycles. The summed E-state index contributed by atoms with van der Waals surface area (Å²) in [5.74, 6) is 4.16. The number of benzene rings is 2. The molecule has 2 rings (SSSR count). The van der Waals surface area contributed by atoms with Crippen LogP contribution >= 0.6 is 0 Å². The van der Waals surface area contributed by atoms with E-state index in [4.69, 9.17) is 4.74 Å². The summed E-state index contributed by atoms with van der Waals surface area (Å²) in [7, 11) is -2.62. The summed E-state index contributed by atoms with van der Waals surface area (Å²) in [6.45, 7) is -0.232. The Morgan fingerprint density at radius 1 is 1.13 bits per heavy atom. The van der Waals surface area contributed by atoms with E-state index in [1.807, 2.05) is 0 Å². The van der Waals surface area contributed by atoms with Crippen LogP contribution in [0.5, 0.6) is 5.75 Å². The molecule has 0 aromatic heterocycles. The molecular weight excluding hydrogens is 324 g/mol. The summed E-state index contributed by atoms with van der Waals surface area (Å²) in [5, 5.41) is 0. The summed E-state index contributed by atoms with van der Waals surface area (Å²) in [6, 6.07) is 9.09. The van der Waals surface area contributed by atoms with Gasteiger partial charge in [0.05, 0.1) is 13.7 Å². The third-order valence-corrected chi connectivity index (χ3v) is 4.27. The van der Waals surface area contributed by atoms with Gasteiger partial charge in [-0.25, -0.2) is 17.2 Å². The van der Waals surface area contributed by atoms with Gasteiger partial charge in [-0.1, -0.05) is 11.8 Å². The highest BCUT2D eigenvalue weighted by Crippen LogP contribution is 2.15. The molecule has 0 radical (unpaired) electrons. The molecule has 0 unspecified atom stereocenters. The smallest absolute Gasteiger partial charge is 0.244 e. The van der Waals surface area contributed by atoms with Crippen LogP contribution in [0.25, 0.3) is 0 Å². The Kier molecular flexibility index (Phi) is 5.32. The van der Waals surface area contributed by atoms with E-state index in [1.165, 1.54) is 0 Å². The predicted octanol–water partition coefficient (Wildman–Crippen LogP) is 2.30. The molecule has 0 saturated heterocycles. The Morgan fingerprint density at radius 2 is 1.83 bits per heavy atom. The first kappa shape index (κ1) is 16.9. The van der Waals surface area contributed by atoms with E-state index in [1.54, 1.807) is 31.4 Å². The fourth-order valence-electron chi connectivity index (χ4n) is 1.71. The summed E-state index contributed by atoms with van der Waals surface area (Å²) in [4.78, 5) is -0.747. The van der Waals surface area contributed by atoms with Crippen molar-refractivity contribution in [3.8, 4) is 17.6 Å². The van der Waals surface area contributed by atoms with Crippen LogP contribution < -0.4 is 9.46 Å². The van der Waals surface area contributed by atoms with E-state index in [9.17, 15) is 17.2 Å². The van der Waals surface area contributed by atoms with Crippen LogP contribution in [0.1, 0.15) is 5.56 Å². The molecule has 2 aromatic rings. The van der Waals surface area contributed by atoms with Gasteiger partial charge in [0.2, 0.25) is 10.0 Å². The minimum absolute atomic E-state index is 0.232. The van der Waals surface area contributed by atoms with Crippen LogP contribution in [0.15, 0.2) is 47.4 Å². The highest BCUT2D eigenvalue weighted by molar-refractivity contribution is 7.89. The van der Waals surface area contributed by atoms with Crippen LogP contribution in [-0.2, 0) is 10.0 Å². The minimum atomic E-state index is -4.17. The lowest BCUT2D eigenvalue weighted by molar-refractivity contribution is 0.415. The molecule has 0 heterocycles. The van der Waals surface area contributed by atoms with Crippen molar-refractivity contribution in [1.29, 1.82) is 0 Å². The second-order valence-electron chi connectivity index (χ2n) is 4.43. The molecule has 0 atom stereocenters. The van der Waals surface area contributed by atoms with Crippen molar-refractivity contribution in [3.63, 3.8) is 0 Å². The molecule has 0 aliphatic carbocycles. The zero-order chi connectivity index (χ0) is 16.9. The second kappa shape index (κ2) is 7.22. The number of hydrogen-bond acceptors (Lipinski definition) is 3. The summed E-state index contributed by atoms with van der Waals surface area (Å²) in [6.07, 6.45) is 0. The average Bonchev–Trinajstić information content (AvgIpc) is 2.54. The van der Waals surface area contributed by atoms with Gasteiger partial charge in [-0.05, 0) is 42.5 Å². The van der Waals surface area contributed by atoms with E-state index in [-0.39, 0.29) is 6.54 Å². The first-order chi connectivity index (χ1) is 10.9. The normalized spacial score (nSPS) is 10.7. The van der Waals surface area contributed by atoms with Crippen molar-refractivity contribution in [2.24, 2.45) is 0 Å². The number of ether oxygens (including phenoxy) is 1. The molecule has 7 heteroatoms. The van der Waals surface area contributed by atoms with Crippen molar-refractivity contribution in [2.45, 2.75) is 4.90 Å². The van der Waals surface area contributed by atoms with Crippen LogP contribution in [0.4, 0.5) is 8.78 Å². The number of sulfonamides is 1. The summed E-state index contributed by atoms with van der Waals surface area (Å²) < 4.78 is 57.4. The molecule has 23 heavy (non-hydrogen) atoms. The number of hydrogen-bond donors (Lipinski definition) is 1. The molecule has 0 fully saturated rings. The van der Waals surface area contributed by atoms with Crippen LogP contribution in [0, 0.1) is 23.5 Å². The lowest BCUT2D eigenvalue weighted by Gasteiger charge is -2.05. The summed E-state index contributed by atoms with van der Waals surface area (Å²) >= 11 is 0. The van der Waals surface area contributed by atoms with Gasteiger partial charge in [0.1, 0.15) is 22.3 Å². The SMILES string of the molecule is COc1ccc(C#CCNS(=O)(=O)c2cc(F)ccc2F)cc1. The number of nitrogens with one attached hydrogen (secondary N) is 1. The van der Waals surface area contributed by atoms with E-state index in [0.29, 0.717) is 17.4 Å². The lowest BCUT2D eigenvalue weighted by atomic mass is 10.2. The van der Waals surface area contributed by atoms with E-state index in [2.05, 4.69) is 16.6 Å². The highest BCUT2D eigenvalue weighted by Gasteiger charge is 2.18. The highest BCUT2D eigenvalue weighted by atomic mass is 32.2. The molecule has 120 valence electrons. The van der Waals surface area contributed by atoms with Crippen LogP contribution in [-0.4, -0.2) is 22.1 Å². The van der Waals surface area contributed by atoms with Crippen molar-refractivity contribution in [3.05, 3.63) is 59.7 Å². The maximum Gasteiger partial charge on any atom is 0.244 e. The van der Waals surface area contributed by atoms with Crippen LogP contribution in [0.2, 0.25) is 0 Å². The quantitative estimate of drug-likeness (QED) is 0.871. The minimum Gasteiger partial charge on any atom is -0.497 e. The standard InChI is InChI=1S/C16H13F2NO3S/c1-22-14-7-4-12(5-8-14)3-2-10-19-23(20,21)16-11-13(17)6-9-15(16)18/h4-9,11,19H,10H2,1H3. The molecular formula is C16H13F2NO3S. The first-order valence-corrected chi connectivity index (χ1v) is 7.98. The molecule has 2 aromatic carbocycles. The fourth-order valence-corrected chi connectivity index (χ4v) is 2.72. The van der Waals surface area contributed by atoms with Gasteiger partial charge in [0.15, 0.2) is 0 Å². The van der Waals surface area contributed by atoms with Crippen molar-refractivity contribution in [1.82, 2.24) is 4.72 Å². The van der Waals surface area contributed by atoms with E-state index < -0.39 is 26.6 Å². The van der Waals surface area contributed by atoms with Crippen molar-refractivity contribution >= 4 is 10.0 Å². The number of methoxy groups -OCH3 is 1. The van der Waals surface area contributed by atoms with Crippen LogP contribution in [0.3, 0.4) is 0 Å². The first-order valence-electron chi connectivity index (χ1n) is 6.50. The van der Waals surface area contributed by atoms with Crippen molar-refractivity contribution in [2.75, 3.05) is 13.7 Å². The maximum absolute atomic E-state index is 13.5. The molecule has 1 N–H and O–H groups in total. The Balaban J connectivity index is 2.05. The van der Waals surface area contributed by atoms with Gasteiger partial charge in [-0.15, -0.1) is 0 Å². The molecule has 0 aliphatic rings. The predicted molar refractivity (Wildman–Crippen MR) is 81.4 cm³/mol. The molecule has 0 aliphatic heterocycles. The van der Waals surface area contributed by atoms with E-state index >= 15 is 0 Å². The lowest BCUT2D eigenvalue weighted by Crippen LogP contribution is -2.25. The Labute approximate surface area is 133 Å². The second-order valence-corrected chi connectivity index (χ2v) is 6.16. The Bertz CT molecular complexity index is 853. The third kappa shape index (κ3) is 4.52.